The van der Waals surface area contributed by atoms with Crippen LogP contribution < -0.4 is 4.74 Å². The van der Waals surface area contributed by atoms with E-state index in [0.29, 0.717) is 28.4 Å². The number of hydrazone groups is 1. The number of rotatable bonds is 8. The standard InChI is InChI=1S/C32H26ClN5O2S/c1-3-10-21-11-4-9-16-28(21)40-18-17-37-20(2)24(22-12-6-8-15-27(22)37)19-25-29(34)38-32(35-30(25)39)41-31(36-38)23-13-5-7-14-26(23)33/h3-9,11-16,19,34H,1,10,17-18H2,2H3. The van der Waals surface area contributed by atoms with Gasteiger partial charge in [0.15, 0.2) is 5.84 Å². The van der Waals surface area contributed by atoms with Crippen molar-refractivity contribution in [1.29, 1.82) is 5.41 Å². The lowest BCUT2D eigenvalue weighted by atomic mass is 10.1. The molecule has 4 aromatic rings. The quantitative estimate of drug-likeness (QED) is 0.179. The number of para-hydroxylation sites is 2. The molecule has 6 rings (SSSR count). The summed E-state index contributed by atoms with van der Waals surface area (Å²) in [6.07, 6.45) is 4.36. The molecule has 1 N–H and O–H groups in total. The van der Waals surface area contributed by atoms with Gasteiger partial charge in [0.2, 0.25) is 5.17 Å². The first-order valence-electron chi connectivity index (χ1n) is 13.1. The van der Waals surface area contributed by atoms with Crippen LogP contribution in [0.3, 0.4) is 0 Å². The molecule has 1 aromatic heterocycles. The van der Waals surface area contributed by atoms with Crippen LogP contribution in [0.2, 0.25) is 5.02 Å². The van der Waals surface area contributed by atoms with Gasteiger partial charge in [0.25, 0.3) is 5.91 Å². The summed E-state index contributed by atoms with van der Waals surface area (Å²) in [5.74, 6) is 0.356. The number of nitrogens with zero attached hydrogens (tertiary/aromatic N) is 4. The number of nitrogens with one attached hydrogen (secondary N) is 1. The summed E-state index contributed by atoms with van der Waals surface area (Å²) in [4.78, 5) is 17.4. The monoisotopic (exact) mass is 579 g/mol. The van der Waals surface area contributed by atoms with E-state index >= 15 is 0 Å². The van der Waals surface area contributed by atoms with Crippen LogP contribution in [0, 0.1) is 12.3 Å². The SMILES string of the molecule is C=CCc1ccccc1OCCn1c(C)c(C=C2C(=N)N3N=C(c4ccccc4Cl)SC3=NC2=O)c2ccccc21. The predicted molar refractivity (Wildman–Crippen MR) is 168 cm³/mol. The molecular weight excluding hydrogens is 554 g/mol. The fraction of sp³-hybridized carbons (Fsp3) is 0.125. The van der Waals surface area contributed by atoms with Gasteiger partial charge < -0.3 is 9.30 Å². The summed E-state index contributed by atoms with van der Waals surface area (Å²) in [5, 5.41) is 17.3. The maximum Gasteiger partial charge on any atom is 0.283 e. The van der Waals surface area contributed by atoms with Gasteiger partial charge in [-0.25, -0.2) is 0 Å². The summed E-state index contributed by atoms with van der Waals surface area (Å²) < 4.78 is 8.35. The second-order valence-electron chi connectivity index (χ2n) is 9.52. The van der Waals surface area contributed by atoms with Gasteiger partial charge in [-0.1, -0.05) is 72.3 Å². The maximum atomic E-state index is 13.2. The maximum absolute atomic E-state index is 13.2. The second-order valence-corrected chi connectivity index (χ2v) is 10.9. The van der Waals surface area contributed by atoms with E-state index in [1.54, 1.807) is 12.1 Å². The average molecular weight is 580 g/mol. The van der Waals surface area contributed by atoms with Crippen molar-refractivity contribution in [2.24, 2.45) is 10.1 Å². The molecule has 0 saturated heterocycles. The number of amides is 1. The molecule has 0 aliphatic carbocycles. The van der Waals surface area contributed by atoms with Crippen molar-refractivity contribution in [2.75, 3.05) is 6.61 Å². The number of amidine groups is 2. The lowest BCUT2D eigenvalue weighted by Gasteiger charge is -2.20. The van der Waals surface area contributed by atoms with E-state index in [2.05, 4.69) is 27.3 Å². The summed E-state index contributed by atoms with van der Waals surface area (Å²) in [5.41, 5.74) is 4.86. The van der Waals surface area contributed by atoms with E-state index in [1.165, 1.54) is 16.8 Å². The molecule has 2 aliphatic rings. The number of carbonyl (C=O) groups excluding carboxylic acids is 1. The number of aromatic nitrogens is 1. The van der Waals surface area contributed by atoms with Crippen molar-refractivity contribution in [3.63, 3.8) is 0 Å². The number of hydrogen-bond donors (Lipinski definition) is 1. The minimum absolute atomic E-state index is 0.0204. The second kappa shape index (κ2) is 11.2. The van der Waals surface area contributed by atoms with E-state index in [0.717, 1.165) is 45.5 Å². The van der Waals surface area contributed by atoms with Crippen molar-refractivity contribution in [3.8, 4) is 5.75 Å². The zero-order valence-corrected chi connectivity index (χ0v) is 23.9. The number of fused-ring (bicyclic) bond motifs is 2. The molecule has 3 heterocycles. The lowest BCUT2D eigenvalue weighted by Crippen LogP contribution is -2.35. The molecule has 0 unspecified atom stereocenters. The van der Waals surface area contributed by atoms with Crippen LogP contribution in [0.5, 0.6) is 5.75 Å². The van der Waals surface area contributed by atoms with Crippen LogP contribution in [0.15, 0.2) is 101 Å². The average Bonchev–Trinajstić information content (AvgIpc) is 3.51. The van der Waals surface area contributed by atoms with Crippen molar-refractivity contribution < 1.29 is 9.53 Å². The normalized spacial score (nSPS) is 15.8. The number of thioether (sulfide) groups is 1. The summed E-state index contributed by atoms with van der Waals surface area (Å²) in [6, 6.07) is 23.4. The summed E-state index contributed by atoms with van der Waals surface area (Å²) >= 11 is 7.60. The number of carbonyl (C=O) groups is 1. The fourth-order valence-corrected chi connectivity index (χ4v) is 6.24. The van der Waals surface area contributed by atoms with Crippen molar-refractivity contribution in [2.45, 2.75) is 19.9 Å². The molecule has 7 nitrogen and oxygen atoms in total. The largest absolute Gasteiger partial charge is 0.491 e. The highest BCUT2D eigenvalue weighted by Crippen LogP contribution is 2.34. The predicted octanol–water partition coefficient (Wildman–Crippen LogP) is 7.08. The molecule has 0 fully saturated rings. The Hall–Kier alpha value is -4.40. The number of allylic oxidation sites excluding steroid dienone is 1. The molecule has 0 spiro atoms. The van der Waals surface area contributed by atoms with Crippen LogP contribution in [0.1, 0.15) is 22.4 Å². The van der Waals surface area contributed by atoms with Crippen molar-refractivity contribution >= 4 is 62.3 Å². The molecule has 0 atom stereocenters. The minimum atomic E-state index is -0.470. The third-order valence-corrected chi connectivity index (χ3v) is 8.31. The first-order chi connectivity index (χ1) is 20.0. The topological polar surface area (TPSA) is 83.0 Å². The fourth-order valence-electron chi connectivity index (χ4n) is 5.02. The molecule has 3 aromatic carbocycles. The third kappa shape index (κ3) is 5.01. The lowest BCUT2D eigenvalue weighted by molar-refractivity contribution is -0.114. The molecule has 0 radical (unpaired) electrons. The highest BCUT2D eigenvalue weighted by atomic mass is 35.5. The molecule has 2 aliphatic heterocycles. The molecule has 204 valence electrons. The van der Waals surface area contributed by atoms with E-state index in [4.69, 9.17) is 21.7 Å². The number of halogens is 1. The molecule has 0 saturated carbocycles. The highest BCUT2D eigenvalue weighted by molar-refractivity contribution is 8.27. The van der Waals surface area contributed by atoms with Crippen LogP contribution in [0.25, 0.3) is 17.0 Å². The van der Waals surface area contributed by atoms with Gasteiger partial charge >= 0.3 is 0 Å². The first kappa shape index (κ1) is 26.8. The van der Waals surface area contributed by atoms with Gasteiger partial charge in [-0.15, -0.1) is 6.58 Å². The smallest absolute Gasteiger partial charge is 0.283 e. The Morgan fingerprint density at radius 1 is 1.07 bits per heavy atom. The van der Waals surface area contributed by atoms with Crippen molar-refractivity contribution in [3.05, 3.63) is 118 Å². The van der Waals surface area contributed by atoms with Gasteiger partial charge in [-0.3, -0.25) is 10.2 Å². The molecular formula is C32H26ClN5O2S. The van der Waals surface area contributed by atoms with Gasteiger partial charge in [0.05, 0.1) is 17.1 Å². The third-order valence-electron chi connectivity index (χ3n) is 7.04. The van der Waals surface area contributed by atoms with Crippen LogP contribution in [-0.2, 0) is 17.8 Å². The number of ether oxygens (including phenoxy) is 1. The van der Waals surface area contributed by atoms with Gasteiger partial charge in [0.1, 0.15) is 17.4 Å². The molecule has 9 heteroatoms. The van der Waals surface area contributed by atoms with Gasteiger partial charge in [0, 0.05) is 27.7 Å². The highest BCUT2D eigenvalue weighted by Gasteiger charge is 2.36. The van der Waals surface area contributed by atoms with Gasteiger partial charge in [-0.2, -0.15) is 15.1 Å². The summed E-state index contributed by atoms with van der Waals surface area (Å²) in [7, 11) is 0. The summed E-state index contributed by atoms with van der Waals surface area (Å²) in [6.45, 7) is 6.94. The number of hydrogen-bond acceptors (Lipinski definition) is 5. The Bertz CT molecular complexity index is 1820. The first-order valence-corrected chi connectivity index (χ1v) is 14.3. The van der Waals surface area contributed by atoms with E-state index in [9.17, 15) is 4.79 Å². The van der Waals surface area contributed by atoms with E-state index in [1.807, 2.05) is 73.7 Å². The van der Waals surface area contributed by atoms with Gasteiger partial charge in [-0.05, 0) is 54.9 Å². The number of aliphatic imine (C=N–C) groups is 1. The van der Waals surface area contributed by atoms with E-state index < -0.39 is 5.91 Å². The molecule has 41 heavy (non-hydrogen) atoms. The molecule has 1 amide bonds. The van der Waals surface area contributed by atoms with Crippen LogP contribution in [0.4, 0.5) is 0 Å². The Morgan fingerprint density at radius 2 is 1.83 bits per heavy atom. The number of benzene rings is 3. The minimum Gasteiger partial charge on any atom is -0.491 e. The molecule has 0 bridgehead atoms. The van der Waals surface area contributed by atoms with Crippen LogP contribution >= 0.6 is 23.4 Å². The van der Waals surface area contributed by atoms with Crippen molar-refractivity contribution in [1.82, 2.24) is 9.58 Å². The van der Waals surface area contributed by atoms with E-state index in [-0.39, 0.29) is 11.4 Å². The Morgan fingerprint density at radius 3 is 2.66 bits per heavy atom. The Balaban J connectivity index is 1.31. The Labute approximate surface area is 247 Å². The zero-order valence-electron chi connectivity index (χ0n) is 22.3. The van der Waals surface area contributed by atoms with Crippen LogP contribution in [-0.4, -0.2) is 38.1 Å². The Kier molecular flexibility index (Phi) is 7.34. The zero-order chi connectivity index (χ0) is 28.5.